The van der Waals surface area contributed by atoms with Crippen LogP contribution >= 0.6 is 0 Å². The lowest BCUT2D eigenvalue weighted by Gasteiger charge is -2.47. The number of anilines is 1. The van der Waals surface area contributed by atoms with Crippen molar-refractivity contribution >= 4 is 41.5 Å². The number of aliphatic hydroxyl groups is 1. The maximum atomic E-state index is 15.7. The molecule has 4 heterocycles. The summed E-state index contributed by atoms with van der Waals surface area (Å²) in [6.45, 7) is 3.18. The minimum Gasteiger partial charge on any atom is -0.469 e. The highest BCUT2D eigenvalue weighted by Gasteiger charge is 2.56. The molecule has 3 aliphatic rings. The van der Waals surface area contributed by atoms with Crippen LogP contribution in [0, 0.1) is 45.6 Å². The number of amides is 3. The SMILES string of the molecule is COC(=O)C[C@H](C(=O)NN(Cc1c(F)cc(C(=N)OC(C)=N)cc1F)C[C@H](O)[C@H](Cc1ccc(C#Cc2ccc(N3CC4CCC(C3)N4C3COC3)nc2)cc1)NC(=O)[C@@H](NC(=O)OC)C(C)(C)C(F)(F)F)C(F)(F)F. The number of hydrazine groups is 1. The van der Waals surface area contributed by atoms with Crippen molar-refractivity contribution in [3.63, 3.8) is 0 Å². The maximum absolute atomic E-state index is 15.7. The molecule has 76 heavy (non-hydrogen) atoms. The number of benzene rings is 2. The normalized spacial score (nSPS) is 18.5. The number of methoxy groups -OCH3 is 2. The van der Waals surface area contributed by atoms with Crippen LogP contribution in [0.1, 0.15) is 67.9 Å². The van der Waals surface area contributed by atoms with Gasteiger partial charge in [-0.05, 0) is 75.1 Å². The zero-order chi connectivity index (χ0) is 55.9. The lowest BCUT2D eigenvalue weighted by Crippen LogP contribution is -2.62. The predicted octanol–water partition coefficient (Wildman–Crippen LogP) is 5.13. The number of fused-ring (bicyclic) bond motifs is 2. The van der Waals surface area contributed by atoms with Crippen molar-refractivity contribution in [1.82, 2.24) is 31.0 Å². The van der Waals surface area contributed by atoms with Crippen LogP contribution in [-0.4, -0.2) is 151 Å². The molecule has 18 nitrogen and oxygen atoms in total. The van der Waals surface area contributed by atoms with Gasteiger partial charge in [-0.15, -0.1) is 0 Å². The molecule has 6 rings (SSSR count). The Kier molecular flexibility index (Phi) is 18.7. The van der Waals surface area contributed by atoms with Crippen molar-refractivity contribution in [2.24, 2.45) is 11.3 Å². The smallest absolute Gasteiger partial charge is 0.407 e. The van der Waals surface area contributed by atoms with Crippen LogP contribution in [0.2, 0.25) is 0 Å². The molecule has 1 aromatic heterocycles. The molecule has 0 aliphatic carbocycles. The number of hydrogen-bond donors (Lipinski definition) is 6. The van der Waals surface area contributed by atoms with Crippen molar-refractivity contribution in [3.8, 4) is 11.8 Å². The quantitative estimate of drug-likeness (QED) is 0.0243. The van der Waals surface area contributed by atoms with Gasteiger partial charge in [-0.25, -0.2) is 23.6 Å². The van der Waals surface area contributed by atoms with Gasteiger partial charge in [0.15, 0.2) is 5.90 Å². The lowest BCUT2D eigenvalue weighted by atomic mass is 9.82. The minimum atomic E-state index is -5.42. The summed E-state index contributed by atoms with van der Waals surface area (Å²) in [5.74, 6) is -5.56. The molecule has 3 saturated heterocycles. The van der Waals surface area contributed by atoms with E-state index in [-0.39, 0.29) is 5.56 Å². The largest absolute Gasteiger partial charge is 0.469 e. The van der Waals surface area contributed by atoms with Crippen molar-refractivity contribution < 1.29 is 78.4 Å². The highest BCUT2D eigenvalue weighted by atomic mass is 19.4. The Morgan fingerprint density at radius 2 is 1.49 bits per heavy atom. The number of rotatable bonds is 18. The molecule has 6 atom stereocenters. The molecule has 3 amide bonds. The molecule has 3 aliphatic heterocycles. The number of halogens is 8. The highest BCUT2D eigenvalue weighted by Crippen LogP contribution is 2.41. The van der Waals surface area contributed by atoms with E-state index < -0.39 is 126 Å². The number of aliphatic hydroxyl groups excluding tert-OH is 1. The van der Waals surface area contributed by atoms with Crippen LogP contribution in [0.5, 0.6) is 0 Å². The van der Waals surface area contributed by atoms with Crippen molar-refractivity contribution in [1.29, 1.82) is 10.8 Å². The third kappa shape index (κ3) is 14.5. The third-order valence-corrected chi connectivity index (χ3v) is 13.4. The number of nitrogens with one attached hydrogen (secondary N) is 5. The van der Waals surface area contributed by atoms with E-state index in [1.165, 1.54) is 12.1 Å². The Morgan fingerprint density at radius 1 is 0.882 bits per heavy atom. The zero-order valence-corrected chi connectivity index (χ0v) is 41.8. The molecular formula is C50H57F8N9O9. The molecule has 412 valence electrons. The van der Waals surface area contributed by atoms with Crippen LogP contribution in [0.3, 0.4) is 0 Å². The number of ether oxygens (including phenoxy) is 4. The Bertz CT molecular complexity index is 2640. The Balaban J connectivity index is 1.28. The average Bonchev–Trinajstić information content (AvgIpc) is 3.56. The number of nitrogens with zero attached hydrogens (tertiary/aromatic N) is 4. The first-order valence-electron chi connectivity index (χ1n) is 23.7. The van der Waals surface area contributed by atoms with E-state index in [0.717, 1.165) is 66.1 Å². The van der Waals surface area contributed by atoms with E-state index in [1.807, 2.05) is 22.9 Å². The molecule has 2 bridgehead atoms. The highest BCUT2D eigenvalue weighted by molar-refractivity contribution is 5.98. The number of hydrogen-bond acceptors (Lipinski definition) is 15. The Morgan fingerprint density at radius 3 is 2.00 bits per heavy atom. The number of piperazine rings is 1. The van der Waals surface area contributed by atoms with E-state index in [0.29, 0.717) is 60.2 Å². The third-order valence-electron chi connectivity index (χ3n) is 13.4. The second-order valence-corrected chi connectivity index (χ2v) is 19.1. The van der Waals surface area contributed by atoms with Gasteiger partial charge in [0, 0.05) is 73.6 Å². The van der Waals surface area contributed by atoms with Crippen molar-refractivity contribution in [2.75, 3.05) is 52.0 Å². The minimum absolute atomic E-state index is 0.274. The first-order chi connectivity index (χ1) is 35.7. The van der Waals surface area contributed by atoms with E-state index in [1.54, 1.807) is 18.3 Å². The van der Waals surface area contributed by atoms with Crippen LogP contribution < -0.4 is 21.0 Å². The van der Waals surface area contributed by atoms with Crippen LogP contribution in [0.25, 0.3) is 0 Å². The van der Waals surface area contributed by atoms with E-state index in [4.69, 9.17) is 20.3 Å². The maximum Gasteiger partial charge on any atom is 0.407 e. The first kappa shape index (κ1) is 58.3. The predicted molar refractivity (Wildman–Crippen MR) is 255 cm³/mol. The van der Waals surface area contributed by atoms with Gasteiger partial charge in [0.1, 0.15) is 29.4 Å². The topological polar surface area (TPSA) is 232 Å². The summed E-state index contributed by atoms with van der Waals surface area (Å²) in [6, 6.07) is 8.02. The second-order valence-electron chi connectivity index (χ2n) is 19.1. The summed E-state index contributed by atoms with van der Waals surface area (Å²) in [5.41, 5.74) is -1.38. The number of esters is 1. The fraction of sp³-hybridized carbons (Fsp3) is 0.500. The van der Waals surface area contributed by atoms with Crippen molar-refractivity contribution in [3.05, 3.63) is 94.2 Å². The number of aromatic nitrogens is 1. The fourth-order valence-electron chi connectivity index (χ4n) is 8.98. The summed E-state index contributed by atoms with van der Waals surface area (Å²) in [7, 11) is 1.58. The Labute approximate surface area is 431 Å². The summed E-state index contributed by atoms with van der Waals surface area (Å²) in [6.07, 6.45) is -12.4. The molecule has 0 radical (unpaired) electrons. The van der Waals surface area contributed by atoms with Gasteiger partial charge in [-0.3, -0.25) is 35.5 Å². The van der Waals surface area contributed by atoms with Gasteiger partial charge in [-0.1, -0.05) is 24.0 Å². The molecule has 0 saturated carbocycles. The summed E-state index contributed by atoms with van der Waals surface area (Å²) >= 11 is 0. The number of carbonyl (C=O) groups is 4. The summed E-state index contributed by atoms with van der Waals surface area (Å²) in [5, 5.41) is 31.7. The van der Waals surface area contributed by atoms with E-state index in [2.05, 4.69) is 41.4 Å². The molecule has 26 heteroatoms. The molecular weight excluding hydrogens is 1020 g/mol. The number of alkyl carbamates (subject to hydrolysis) is 1. The molecule has 0 spiro atoms. The standard InChI is InChI=1S/C50H57F8N9O9/c1-27(59)76-44(60)31-17-37(51)35(38(52)18-31)23-66(64-45(70)36(49(53,54)55)19-42(69)73-4)24-40(68)39(62-46(71)43(63-47(72)74-5)48(2,3)50(56,57)58)16-29-9-6-28(7-10-29)8-11-30-12-15-41(61-20-30)65-21-32-13-14-33(22-65)67(32)34-25-75-26-34/h6-7,9-10,12,15,17-18,20,32-34,36,39-40,43,59-60,68H,13-14,16,19,21-26H2,1-5H3,(H,62,71)(H,63,72)(H,64,70)/t32?,33?,36-,39+,40+,43-/m1/s1. The number of pyridine rings is 1. The number of carbonyl (C=O) groups excluding carboxylic acids is 4. The molecule has 2 unspecified atom stereocenters. The van der Waals surface area contributed by atoms with Crippen LogP contribution in [0.4, 0.5) is 45.7 Å². The van der Waals surface area contributed by atoms with Gasteiger partial charge >= 0.3 is 24.4 Å². The van der Waals surface area contributed by atoms with Gasteiger partial charge < -0.3 is 39.6 Å². The molecule has 3 fully saturated rings. The zero-order valence-electron chi connectivity index (χ0n) is 41.8. The molecule has 2 aromatic carbocycles. The van der Waals surface area contributed by atoms with Gasteiger partial charge in [-0.2, -0.15) is 26.3 Å². The van der Waals surface area contributed by atoms with E-state index >= 15 is 8.78 Å². The molecule has 3 aromatic rings. The van der Waals surface area contributed by atoms with Crippen LogP contribution in [0.15, 0.2) is 54.7 Å². The first-order valence-corrected chi connectivity index (χ1v) is 23.7. The monoisotopic (exact) mass is 1080 g/mol. The van der Waals surface area contributed by atoms with Crippen LogP contribution in [-0.2, 0) is 46.3 Å². The average molecular weight is 1080 g/mol. The lowest BCUT2D eigenvalue weighted by molar-refractivity contribution is -0.220. The number of alkyl halides is 6. The van der Waals surface area contributed by atoms with E-state index in [9.17, 15) is 50.6 Å². The van der Waals surface area contributed by atoms with Gasteiger partial charge in [0.05, 0.1) is 57.5 Å². The van der Waals surface area contributed by atoms with Gasteiger partial charge in [0.2, 0.25) is 17.7 Å². The van der Waals surface area contributed by atoms with Gasteiger partial charge in [0.25, 0.3) is 0 Å². The second kappa shape index (κ2) is 24.4. The fourth-order valence-corrected chi connectivity index (χ4v) is 8.98. The van der Waals surface area contributed by atoms with Crippen molar-refractivity contribution in [2.45, 2.75) is 102 Å². The Hall–Kier alpha value is -6.95. The summed E-state index contributed by atoms with van der Waals surface area (Å²) in [4.78, 5) is 61.2. The summed E-state index contributed by atoms with van der Waals surface area (Å²) < 4.78 is 137. The molecule has 6 N–H and O–H groups in total.